The molecule has 0 aliphatic carbocycles. The summed E-state index contributed by atoms with van der Waals surface area (Å²) in [4.78, 5) is 17.2. The van der Waals surface area contributed by atoms with Crippen LogP contribution in [0.1, 0.15) is 6.42 Å². The van der Waals surface area contributed by atoms with E-state index in [4.69, 9.17) is 11.6 Å². The Morgan fingerprint density at radius 3 is 3.21 bits per heavy atom. The van der Waals surface area contributed by atoms with Crippen molar-refractivity contribution < 1.29 is 4.79 Å². The summed E-state index contributed by atoms with van der Waals surface area (Å²) in [5, 5.41) is 3.21. The highest BCUT2D eigenvalue weighted by Crippen LogP contribution is 2.32. The molecule has 0 radical (unpaired) electrons. The smallest absolute Gasteiger partial charge is 0.226 e. The Hall–Kier alpha value is -1.29. The van der Waals surface area contributed by atoms with Gasteiger partial charge in [-0.15, -0.1) is 0 Å². The van der Waals surface area contributed by atoms with Crippen LogP contribution >= 0.6 is 11.6 Å². The van der Waals surface area contributed by atoms with Gasteiger partial charge in [0.2, 0.25) is 5.91 Å². The van der Waals surface area contributed by atoms with Gasteiger partial charge >= 0.3 is 0 Å². The zero-order chi connectivity index (χ0) is 10.1. The van der Waals surface area contributed by atoms with E-state index in [9.17, 15) is 4.79 Å². The van der Waals surface area contributed by atoms with Crippen LogP contribution in [0.3, 0.4) is 0 Å². The molecule has 0 saturated carbocycles. The second-order valence-electron chi connectivity index (χ2n) is 3.22. The van der Waals surface area contributed by atoms with Crippen molar-refractivity contribution in [3.8, 4) is 0 Å². The Morgan fingerprint density at radius 1 is 1.64 bits per heavy atom. The first kappa shape index (κ1) is 9.27. The summed E-state index contributed by atoms with van der Waals surface area (Å²) in [7, 11) is 1.90. The Labute approximate surface area is 86.9 Å². The van der Waals surface area contributed by atoms with Gasteiger partial charge in [0, 0.05) is 26.2 Å². The summed E-state index contributed by atoms with van der Waals surface area (Å²) in [6.07, 6.45) is 2.06. The molecule has 4 nitrogen and oxygen atoms in total. The number of nitrogens with zero attached hydrogens (tertiary/aromatic N) is 2. The van der Waals surface area contributed by atoms with Gasteiger partial charge in [-0.25, -0.2) is 4.98 Å². The van der Waals surface area contributed by atoms with Gasteiger partial charge in [0.25, 0.3) is 0 Å². The first-order valence-electron chi connectivity index (χ1n) is 4.34. The molecule has 0 unspecified atom stereocenters. The predicted octanol–water partition coefficient (Wildman–Crippen LogP) is 1.51. The lowest BCUT2D eigenvalue weighted by molar-refractivity contribution is -0.115. The van der Waals surface area contributed by atoms with Crippen LogP contribution < -0.4 is 10.2 Å². The number of pyridine rings is 1. The fourth-order valence-corrected chi connectivity index (χ4v) is 1.79. The Morgan fingerprint density at radius 2 is 2.43 bits per heavy atom. The van der Waals surface area contributed by atoms with Crippen LogP contribution in [0.25, 0.3) is 0 Å². The molecule has 1 aromatic heterocycles. The molecule has 1 aliphatic heterocycles. The van der Waals surface area contributed by atoms with E-state index < -0.39 is 0 Å². The second kappa shape index (κ2) is 3.46. The summed E-state index contributed by atoms with van der Waals surface area (Å²) < 4.78 is 0. The van der Waals surface area contributed by atoms with Crippen LogP contribution in [0, 0.1) is 0 Å². The normalized spacial score (nSPS) is 15.9. The first-order valence-corrected chi connectivity index (χ1v) is 4.72. The lowest BCUT2D eigenvalue weighted by Crippen LogP contribution is -2.19. The molecule has 1 amide bonds. The Kier molecular flexibility index (Phi) is 2.29. The van der Waals surface area contributed by atoms with Crippen LogP contribution in [0.15, 0.2) is 12.3 Å². The highest BCUT2D eigenvalue weighted by molar-refractivity contribution is 6.33. The van der Waals surface area contributed by atoms with Gasteiger partial charge in [-0.3, -0.25) is 4.79 Å². The van der Waals surface area contributed by atoms with Gasteiger partial charge in [0.1, 0.15) is 0 Å². The number of fused-ring (bicyclic) bond motifs is 1. The number of carbonyl (C=O) groups is 1. The van der Waals surface area contributed by atoms with Gasteiger partial charge in [0.15, 0.2) is 5.15 Å². The number of carbonyl (C=O) groups excluding carboxylic acids is 1. The second-order valence-corrected chi connectivity index (χ2v) is 3.58. The molecule has 5 heteroatoms. The molecule has 74 valence electrons. The quantitative estimate of drug-likeness (QED) is 0.662. The van der Waals surface area contributed by atoms with Crippen molar-refractivity contribution in [2.24, 2.45) is 0 Å². The molecule has 2 rings (SSSR count). The fourth-order valence-electron chi connectivity index (χ4n) is 1.49. The highest BCUT2D eigenvalue weighted by Gasteiger charge is 2.19. The number of amides is 1. The van der Waals surface area contributed by atoms with Crippen molar-refractivity contribution in [1.82, 2.24) is 4.98 Å². The average molecular weight is 212 g/mol. The third-order valence-corrected chi connectivity index (χ3v) is 2.49. The predicted molar refractivity (Wildman–Crippen MR) is 55.8 cm³/mol. The minimum atomic E-state index is 0.0119. The molecule has 14 heavy (non-hydrogen) atoms. The summed E-state index contributed by atoms with van der Waals surface area (Å²) in [5.74, 6) is 0.0119. The van der Waals surface area contributed by atoms with Crippen molar-refractivity contribution in [2.45, 2.75) is 6.42 Å². The maximum absolute atomic E-state index is 11.3. The molecule has 0 atom stereocenters. The minimum absolute atomic E-state index is 0.0119. The van der Waals surface area contributed by atoms with Crippen molar-refractivity contribution in [3.63, 3.8) is 0 Å². The molecule has 0 bridgehead atoms. The van der Waals surface area contributed by atoms with E-state index >= 15 is 0 Å². The first-order chi connectivity index (χ1) is 6.68. The number of rotatable bonds is 0. The topological polar surface area (TPSA) is 45.2 Å². The van der Waals surface area contributed by atoms with Crippen LogP contribution in [0.2, 0.25) is 5.15 Å². The Bertz CT molecular complexity index is 380. The van der Waals surface area contributed by atoms with E-state index in [1.807, 2.05) is 11.9 Å². The van der Waals surface area contributed by atoms with E-state index in [1.54, 1.807) is 12.3 Å². The molecule has 1 N–H and O–H groups in total. The molecule has 0 fully saturated rings. The van der Waals surface area contributed by atoms with Crippen molar-refractivity contribution in [2.75, 3.05) is 23.8 Å². The lowest BCUT2D eigenvalue weighted by Gasteiger charge is -2.18. The van der Waals surface area contributed by atoms with Gasteiger partial charge in [-0.1, -0.05) is 11.6 Å². The van der Waals surface area contributed by atoms with E-state index in [2.05, 4.69) is 10.3 Å². The third-order valence-electron chi connectivity index (χ3n) is 2.21. The van der Waals surface area contributed by atoms with E-state index in [0.29, 0.717) is 18.1 Å². The van der Waals surface area contributed by atoms with Crippen molar-refractivity contribution in [1.29, 1.82) is 0 Å². The van der Waals surface area contributed by atoms with Crippen LogP contribution in [0.5, 0.6) is 0 Å². The maximum Gasteiger partial charge on any atom is 0.226 e. The molecular weight excluding hydrogens is 202 g/mol. The summed E-state index contributed by atoms with van der Waals surface area (Å²) in [6.45, 7) is 0.657. The van der Waals surface area contributed by atoms with Crippen molar-refractivity contribution >= 4 is 28.9 Å². The number of hydrogen-bond acceptors (Lipinski definition) is 3. The highest BCUT2D eigenvalue weighted by atomic mass is 35.5. The summed E-state index contributed by atoms with van der Waals surface area (Å²) in [5.41, 5.74) is 1.52. The molecular formula is C9H10ClN3O. The summed E-state index contributed by atoms with van der Waals surface area (Å²) >= 11 is 5.95. The van der Waals surface area contributed by atoms with Gasteiger partial charge in [-0.2, -0.15) is 0 Å². The zero-order valence-corrected chi connectivity index (χ0v) is 8.51. The molecule has 1 aromatic rings. The number of nitrogens with one attached hydrogen (secondary N) is 1. The monoisotopic (exact) mass is 211 g/mol. The largest absolute Gasteiger partial charge is 0.370 e. The number of aromatic nitrogens is 1. The standard InChI is InChI=1S/C9H10ClN3O/c1-13-5-3-7(14)12-6-2-4-11-9(10)8(6)13/h2,4H,3,5H2,1H3,(H,12,14). The van der Waals surface area contributed by atoms with Crippen molar-refractivity contribution in [3.05, 3.63) is 17.4 Å². The fraction of sp³-hybridized carbons (Fsp3) is 0.333. The number of anilines is 2. The van der Waals surface area contributed by atoms with Gasteiger partial charge in [-0.05, 0) is 6.07 Å². The average Bonchev–Trinajstić information content (AvgIpc) is 2.27. The van der Waals surface area contributed by atoms with E-state index in [0.717, 1.165) is 11.4 Å². The Balaban J connectivity index is 2.52. The molecule has 0 aromatic carbocycles. The van der Waals surface area contributed by atoms with E-state index in [-0.39, 0.29) is 5.91 Å². The minimum Gasteiger partial charge on any atom is -0.370 e. The molecule has 0 saturated heterocycles. The van der Waals surface area contributed by atoms with Crippen LogP contribution in [-0.2, 0) is 4.79 Å². The lowest BCUT2D eigenvalue weighted by atomic mass is 10.3. The number of hydrogen-bond donors (Lipinski definition) is 1. The SMILES string of the molecule is CN1CCC(=O)Nc2ccnc(Cl)c21. The van der Waals surface area contributed by atoms with Gasteiger partial charge in [0.05, 0.1) is 11.4 Å². The van der Waals surface area contributed by atoms with Gasteiger partial charge < -0.3 is 10.2 Å². The van der Waals surface area contributed by atoms with E-state index in [1.165, 1.54) is 0 Å². The van der Waals surface area contributed by atoms with Crippen LogP contribution in [0.4, 0.5) is 11.4 Å². The number of halogens is 1. The maximum atomic E-state index is 11.3. The third kappa shape index (κ3) is 1.53. The molecule has 1 aliphatic rings. The summed E-state index contributed by atoms with van der Waals surface area (Å²) in [6, 6.07) is 1.75. The zero-order valence-electron chi connectivity index (χ0n) is 7.75. The van der Waals surface area contributed by atoms with Crippen LogP contribution in [-0.4, -0.2) is 24.5 Å². The molecule has 0 spiro atoms. The molecule has 2 heterocycles.